The van der Waals surface area contributed by atoms with Crippen LogP contribution in [-0.4, -0.2) is 30.6 Å². The Labute approximate surface area is 123 Å². The fourth-order valence-corrected chi connectivity index (χ4v) is 3.05. The third-order valence-electron chi connectivity index (χ3n) is 3.91. The first-order valence-electron chi connectivity index (χ1n) is 6.92. The summed E-state index contributed by atoms with van der Waals surface area (Å²) in [5, 5.41) is 10.1. The molecule has 0 aliphatic carbocycles. The Bertz CT molecular complexity index is 528. The van der Waals surface area contributed by atoms with Crippen molar-refractivity contribution in [3.8, 4) is 0 Å². The van der Waals surface area contributed by atoms with Gasteiger partial charge in [-0.1, -0.05) is 11.6 Å². The van der Waals surface area contributed by atoms with Crippen LogP contribution in [0.3, 0.4) is 0 Å². The Kier molecular flexibility index (Phi) is 4.12. The molecule has 1 N–H and O–H groups in total. The molecule has 4 nitrogen and oxygen atoms in total. The van der Waals surface area contributed by atoms with Crippen LogP contribution in [0.4, 0.5) is 0 Å². The highest BCUT2D eigenvalue weighted by Gasteiger charge is 2.29. The minimum Gasteiger partial charge on any atom is -0.423 e. The van der Waals surface area contributed by atoms with Crippen LogP contribution >= 0.6 is 11.6 Å². The molecule has 0 saturated carbocycles. The molecule has 0 aromatic heterocycles. The number of fused-ring (bicyclic) bond motifs is 1. The van der Waals surface area contributed by atoms with Crippen molar-refractivity contribution < 1.29 is 19.2 Å². The molecule has 1 aromatic rings. The predicted octanol–water partition coefficient (Wildman–Crippen LogP) is 1.70. The van der Waals surface area contributed by atoms with E-state index in [0.717, 1.165) is 31.4 Å². The van der Waals surface area contributed by atoms with E-state index in [9.17, 15) is 9.82 Å². The Balaban J connectivity index is 1.72. The molecule has 1 unspecified atom stereocenters. The molecular weight excluding hydrogens is 278 g/mol. The van der Waals surface area contributed by atoms with E-state index in [2.05, 4.69) is 0 Å². The van der Waals surface area contributed by atoms with Gasteiger partial charge in [0.1, 0.15) is 0 Å². The first-order chi connectivity index (χ1) is 9.65. The maximum Gasteiger partial charge on any atom is 0.491 e. The van der Waals surface area contributed by atoms with Crippen LogP contribution in [0.25, 0.3) is 0 Å². The lowest BCUT2D eigenvalue weighted by Gasteiger charge is -2.10. The minimum absolute atomic E-state index is 0.00704. The van der Waals surface area contributed by atoms with Gasteiger partial charge in [0, 0.05) is 18.6 Å². The van der Waals surface area contributed by atoms with Crippen molar-refractivity contribution in [2.45, 2.75) is 38.4 Å². The summed E-state index contributed by atoms with van der Waals surface area (Å²) in [6, 6.07) is 3.37. The summed E-state index contributed by atoms with van der Waals surface area (Å²) in [6.07, 6.45) is 3.44. The summed E-state index contributed by atoms with van der Waals surface area (Å²) < 4.78 is 10.6. The summed E-state index contributed by atoms with van der Waals surface area (Å²) in [4.78, 5) is 12.3. The molecule has 1 atom stereocenters. The molecular formula is C14H16BClO4. The lowest BCUT2D eigenvalue weighted by atomic mass is 9.78. The summed E-state index contributed by atoms with van der Waals surface area (Å²) in [5.41, 5.74) is 1.96. The second-order valence-electron chi connectivity index (χ2n) is 5.29. The average molecular weight is 295 g/mol. The van der Waals surface area contributed by atoms with Crippen molar-refractivity contribution in [2.75, 3.05) is 6.61 Å². The maximum atomic E-state index is 12.3. The van der Waals surface area contributed by atoms with Gasteiger partial charge >= 0.3 is 7.12 Å². The Morgan fingerprint density at radius 3 is 3.10 bits per heavy atom. The number of hydrogen-bond acceptors (Lipinski definition) is 4. The van der Waals surface area contributed by atoms with Crippen molar-refractivity contribution in [2.24, 2.45) is 0 Å². The number of ether oxygens (including phenoxy) is 1. The van der Waals surface area contributed by atoms with Crippen molar-refractivity contribution in [3.63, 3.8) is 0 Å². The van der Waals surface area contributed by atoms with Crippen molar-refractivity contribution in [3.05, 3.63) is 28.3 Å². The molecule has 1 aromatic carbocycles. The monoisotopic (exact) mass is 294 g/mol. The molecule has 0 amide bonds. The summed E-state index contributed by atoms with van der Waals surface area (Å²) >= 11 is 6.16. The fourth-order valence-electron chi connectivity index (χ4n) is 2.76. The SMILES string of the molecule is O=C(CCC1CCCO1)c1cc2c(cc1Cl)COB2O. The molecule has 6 heteroatoms. The maximum absolute atomic E-state index is 12.3. The lowest BCUT2D eigenvalue weighted by molar-refractivity contribution is 0.0859. The molecule has 0 radical (unpaired) electrons. The van der Waals surface area contributed by atoms with Crippen LogP contribution < -0.4 is 5.46 Å². The number of hydrogen-bond donors (Lipinski definition) is 1. The quantitative estimate of drug-likeness (QED) is 0.678. The molecule has 2 aliphatic rings. The minimum atomic E-state index is -0.952. The van der Waals surface area contributed by atoms with E-state index >= 15 is 0 Å². The van der Waals surface area contributed by atoms with Gasteiger partial charge in [-0.05, 0) is 42.4 Å². The Morgan fingerprint density at radius 1 is 1.50 bits per heavy atom. The van der Waals surface area contributed by atoms with Gasteiger partial charge in [0.15, 0.2) is 5.78 Å². The topological polar surface area (TPSA) is 55.8 Å². The van der Waals surface area contributed by atoms with E-state index in [-0.39, 0.29) is 11.9 Å². The van der Waals surface area contributed by atoms with Gasteiger partial charge in [-0.3, -0.25) is 4.79 Å². The van der Waals surface area contributed by atoms with Gasteiger partial charge in [0.2, 0.25) is 0 Å². The first-order valence-corrected chi connectivity index (χ1v) is 7.30. The van der Waals surface area contributed by atoms with Gasteiger partial charge in [-0.25, -0.2) is 0 Å². The van der Waals surface area contributed by atoms with Crippen molar-refractivity contribution >= 4 is 30.0 Å². The van der Waals surface area contributed by atoms with Crippen molar-refractivity contribution in [1.29, 1.82) is 0 Å². The zero-order valence-corrected chi connectivity index (χ0v) is 11.9. The van der Waals surface area contributed by atoms with E-state index in [0.29, 0.717) is 29.1 Å². The molecule has 20 heavy (non-hydrogen) atoms. The highest BCUT2D eigenvalue weighted by molar-refractivity contribution is 6.61. The standard InChI is InChI=1S/C14H16BClO4/c16-13-6-9-8-20-15(18)12(9)7-11(13)14(17)4-3-10-2-1-5-19-10/h6-7,10,18H,1-5,8H2. The summed E-state index contributed by atoms with van der Waals surface area (Å²) in [5.74, 6) is -0.00704. The number of benzene rings is 1. The van der Waals surface area contributed by atoms with E-state index in [1.54, 1.807) is 12.1 Å². The second-order valence-corrected chi connectivity index (χ2v) is 5.70. The molecule has 1 saturated heterocycles. The van der Waals surface area contributed by atoms with Crippen LogP contribution in [0.1, 0.15) is 41.6 Å². The highest BCUT2D eigenvalue weighted by Crippen LogP contribution is 2.24. The van der Waals surface area contributed by atoms with Gasteiger partial charge < -0.3 is 14.4 Å². The number of carbonyl (C=O) groups excluding carboxylic acids is 1. The predicted molar refractivity (Wildman–Crippen MR) is 76.4 cm³/mol. The average Bonchev–Trinajstić information content (AvgIpc) is 3.06. The first kappa shape index (κ1) is 14.1. The van der Waals surface area contributed by atoms with Gasteiger partial charge in [-0.15, -0.1) is 0 Å². The van der Waals surface area contributed by atoms with Crippen molar-refractivity contribution in [1.82, 2.24) is 0 Å². The van der Waals surface area contributed by atoms with Crippen LogP contribution in [0, 0.1) is 0 Å². The normalized spacial score (nSPS) is 21.3. The smallest absolute Gasteiger partial charge is 0.423 e. The van der Waals surface area contributed by atoms with E-state index in [1.165, 1.54) is 0 Å². The zero-order chi connectivity index (χ0) is 14.1. The molecule has 1 fully saturated rings. The number of Topliss-reactive ketones (excluding diaryl/α,β-unsaturated/α-hetero) is 1. The molecule has 2 aliphatic heterocycles. The van der Waals surface area contributed by atoms with E-state index < -0.39 is 7.12 Å². The summed E-state index contributed by atoms with van der Waals surface area (Å²) in [6.45, 7) is 1.13. The number of halogens is 1. The largest absolute Gasteiger partial charge is 0.491 e. The second kappa shape index (κ2) is 5.86. The van der Waals surface area contributed by atoms with Crippen LogP contribution in [0.2, 0.25) is 5.02 Å². The Morgan fingerprint density at radius 2 is 2.35 bits per heavy atom. The summed E-state index contributed by atoms with van der Waals surface area (Å²) in [7, 11) is -0.952. The van der Waals surface area contributed by atoms with Gasteiger partial charge in [0.25, 0.3) is 0 Å². The molecule has 2 heterocycles. The Hall–Kier alpha value is -0.875. The molecule has 0 bridgehead atoms. The number of carbonyl (C=O) groups is 1. The van der Waals surface area contributed by atoms with Gasteiger partial charge in [0.05, 0.1) is 17.7 Å². The lowest BCUT2D eigenvalue weighted by Crippen LogP contribution is -2.29. The third kappa shape index (κ3) is 2.77. The fraction of sp³-hybridized carbons (Fsp3) is 0.500. The van der Waals surface area contributed by atoms with E-state index in [1.807, 2.05) is 0 Å². The number of ketones is 1. The highest BCUT2D eigenvalue weighted by atomic mass is 35.5. The zero-order valence-electron chi connectivity index (χ0n) is 11.1. The molecule has 106 valence electrons. The number of rotatable bonds is 4. The van der Waals surface area contributed by atoms with Gasteiger partial charge in [-0.2, -0.15) is 0 Å². The van der Waals surface area contributed by atoms with Crippen LogP contribution in [-0.2, 0) is 16.0 Å². The van der Waals surface area contributed by atoms with Crippen LogP contribution in [0.15, 0.2) is 12.1 Å². The molecule has 3 rings (SSSR count). The van der Waals surface area contributed by atoms with E-state index in [4.69, 9.17) is 21.0 Å². The molecule has 0 spiro atoms. The third-order valence-corrected chi connectivity index (χ3v) is 4.22. The van der Waals surface area contributed by atoms with Crippen LogP contribution in [0.5, 0.6) is 0 Å².